The Labute approximate surface area is 122 Å². The normalized spacial score (nSPS) is 29.2. The van der Waals surface area contributed by atoms with Gasteiger partial charge in [-0.05, 0) is 38.8 Å². The first-order chi connectivity index (χ1) is 9.81. The lowest BCUT2D eigenvalue weighted by Crippen LogP contribution is -2.55. The van der Waals surface area contributed by atoms with Gasteiger partial charge >= 0.3 is 0 Å². The topological polar surface area (TPSA) is 44.7 Å². The van der Waals surface area contributed by atoms with E-state index < -0.39 is 0 Å². The molecular formula is C16H30N2O2. The molecule has 0 amide bonds. The second-order valence-corrected chi connectivity index (χ2v) is 7.13. The van der Waals surface area contributed by atoms with Crippen LogP contribution < -0.4 is 5.32 Å². The first-order valence-electron chi connectivity index (χ1n) is 8.47. The van der Waals surface area contributed by atoms with Crippen LogP contribution in [-0.4, -0.2) is 61.5 Å². The van der Waals surface area contributed by atoms with Crippen molar-refractivity contribution < 1.29 is 9.84 Å². The molecule has 0 aromatic heterocycles. The SMILES string of the molecule is OCC1(CNC2CCN(C3CCCCC3)CC2)COC1. The Morgan fingerprint density at radius 3 is 2.30 bits per heavy atom. The third-order valence-electron chi connectivity index (χ3n) is 5.54. The number of hydrogen-bond donors (Lipinski definition) is 2. The third-order valence-corrected chi connectivity index (χ3v) is 5.54. The Morgan fingerprint density at radius 2 is 1.75 bits per heavy atom. The fourth-order valence-corrected chi connectivity index (χ4v) is 3.92. The van der Waals surface area contributed by atoms with E-state index in [-0.39, 0.29) is 12.0 Å². The Kier molecular flexibility index (Phi) is 4.97. The van der Waals surface area contributed by atoms with Crippen LogP contribution in [0.25, 0.3) is 0 Å². The maximum Gasteiger partial charge on any atom is 0.0579 e. The molecule has 0 spiro atoms. The van der Waals surface area contributed by atoms with Gasteiger partial charge < -0.3 is 20.1 Å². The van der Waals surface area contributed by atoms with Crippen LogP contribution in [0.15, 0.2) is 0 Å². The van der Waals surface area contributed by atoms with Crippen LogP contribution in [0.4, 0.5) is 0 Å². The van der Waals surface area contributed by atoms with Crippen molar-refractivity contribution in [2.24, 2.45) is 5.41 Å². The average Bonchev–Trinajstić information content (AvgIpc) is 2.48. The van der Waals surface area contributed by atoms with Crippen molar-refractivity contribution in [1.82, 2.24) is 10.2 Å². The second-order valence-electron chi connectivity index (χ2n) is 7.13. The van der Waals surface area contributed by atoms with Gasteiger partial charge in [0.2, 0.25) is 0 Å². The Hall–Kier alpha value is -0.160. The second kappa shape index (κ2) is 6.73. The third kappa shape index (κ3) is 3.35. The number of piperidine rings is 1. The Bertz CT molecular complexity index is 287. The van der Waals surface area contributed by atoms with Crippen molar-refractivity contribution in [3.63, 3.8) is 0 Å². The summed E-state index contributed by atoms with van der Waals surface area (Å²) >= 11 is 0. The van der Waals surface area contributed by atoms with E-state index in [1.54, 1.807) is 0 Å². The zero-order chi connectivity index (χ0) is 13.8. The van der Waals surface area contributed by atoms with Gasteiger partial charge in [0.25, 0.3) is 0 Å². The minimum Gasteiger partial charge on any atom is -0.396 e. The number of likely N-dealkylation sites (tertiary alicyclic amines) is 1. The molecule has 2 heterocycles. The molecule has 3 aliphatic rings. The van der Waals surface area contributed by atoms with E-state index >= 15 is 0 Å². The molecule has 116 valence electrons. The van der Waals surface area contributed by atoms with E-state index in [0.717, 1.165) is 25.8 Å². The lowest BCUT2D eigenvalue weighted by molar-refractivity contribution is -0.135. The summed E-state index contributed by atoms with van der Waals surface area (Å²) in [7, 11) is 0. The van der Waals surface area contributed by atoms with Gasteiger partial charge in [-0.1, -0.05) is 19.3 Å². The van der Waals surface area contributed by atoms with E-state index in [1.165, 1.54) is 58.0 Å². The molecule has 0 aromatic carbocycles. The van der Waals surface area contributed by atoms with Crippen LogP contribution >= 0.6 is 0 Å². The van der Waals surface area contributed by atoms with Crippen LogP contribution in [0.2, 0.25) is 0 Å². The Balaban J connectivity index is 1.37. The molecule has 2 N–H and O–H groups in total. The highest BCUT2D eigenvalue weighted by Gasteiger charge is 2.38. The Morgan fingerprint density at radius 1 is 1.05 bits per heavy atom. The molecule has 20 heavy (non-hydrogen) atoms. The van der Waals surface area contributed by atoms with Gasteiger partial charge in [-0.3, -0.25) is 0 Å². The quantitative estimate of drug-likeness (QED) is 0.800. The number of hydrogen-bond acceptors (Lipinski definition) is 4. The predicted octanol–water partition coefficient (Wildman–Crippen LogP) is 1.38. The van der Waals surface area contributed by atoms with Crippen LogP contribution in [0.5, 0.6) is 0 Å². The van der Waals surface area contributed by atoms with Gasteiger partial charge in [0.05, 0.1) is 25.2 Å². The summed E-state index contributed by atoms with van der Waals surface area (Å²) < 4.78 is 5.26. The summed E-state index contributed by atoms with van der Waals surface area (Å²) in [5.41, 5.74) is 0.0144. The average molecular weight is 282 g/mol. The molecule has 0 atom stereocenters. The summed E-state index contributed by atoms with van der Waals surface area (Å²) in [6.45, 7) is 5.11. The van der Waals surface area contributed by atoms with Crippen molar-refractivity contribution in [2.75, 3.05) is 39.5 Å². The molecule has 4 nitrogen and oxygen atoms in total. The van der Waals surface area contributed by atoms with Gasteiger partial charge in [-0.25, -0.2) is 0 Å². The molecule has 3 fully saturated rings. The van der Waals surface area contributed by atoms with E-state index in [9.17, 15) is 5.11 Å². The monoisotopic (exact) mass is 282 g/mol. The van der Waals surface area contributed by atoms with E-state index in [1.807, 2.05) is 0 Å². The van der Waals surface area contributed by atoms with Crippen LogP contribution in [0.3, 0.4) is 0 Å². The van der Waals surface area contributed by atoms with E-state index in [0.29, 0.717) is 6.04 Å². The molecule has 0 aromatic rings. The maximum atomic E-state index is 9.45. The largest absolute Gasteiger partial charge is 0.396 e. The maximum absolute atomic E-state index is 9.45. The van der Waals surface area contributed by atoms with Gasteiger partial charge in [0.1, 0.15) is 0 Å². The highest BCUT2D eigenvalue weighted by Crippen LogP contribution is 2.28. The molecule has 4 heteroatoms. The van der Waals surface area contributed by atoms with Crippen molar-refractivity contribution in [2.45, 2.75) is 57.0 Å². The number of nitrogens with one attached hydrogen (secondary N) is 1. The number of nitrogens with zero attached hydrogens (tertiary/aromatic N) is 1. The fourth-order valence-electron chi connectivity index (χ4n) is 3.92. The first-order valence-corrected chi connectivity index (χ1v) is 8.47. The lowest BCUT2D eigenvalue weighted by Gasteiger charge is -2.43. The molecule has 2 saturated heterocycles. The van der Waals surface area contributed by atoms with Crippen LogP contribution in [0, 0.1) is 5.41 Å². The first kappa shape index (κ1) is 14.8. The minimum atomic E-state index is 0.0144. The summed E-state index contributed by atoms with van der Waals surface area (Å²) in [6, 6.07) is 1.51. The zero-order valence-corrected chi connectivity index (χ0v) is 12.6. The minimum absolute atomic E-state index is 0.0144. The molecule has 1 saturated carbocycles. The number of aliphatic hydroxyl groups excluding tert-OH is 1. The summed E-state index contributed by atoms with van der Waals surface area (Å²) in [6.07, 6.45) is 9.67. The standard InChI is InChI=1S/C16H30N2O2/c19-11-16(12-20-13-16)10-17-14-6-8-18(9-7-14)15-4-2-1-3-5-15/h14-15,17,19H,1-13H2. The predicted molar refractivity (Wildman–Crippen MR) is 79.8 cm³/mol. The van der Waals surface area contributed by atoms with Gasteiger partial charge in [-0.2, -0.15) is 0 Å². The highest BCUT2D eigenvalue weighted by atomic mass is 16.5. The van der Waals surface area contributed by atoms with Gasteiger partial charge in [0.15, 0.2) is 0 Å². The molecule has 0 bridgehead atoms. The smallest absolute Gasteiger partial charge is 0.0579 e. The van der Waals surface area contributed by atoms with Gasteiger partial charge in [-0.15, -0.1) is 0 Å². The molecule has 0 radical (unpaired) electrons. The van der Waals surface area contributed by atoms with Crippen molar-refractivity contribution in [1.29, 1.82) is 0 Å². The highest BCUT2D eigenvalue weighted by molar-refractivity contribution is 4.90. The van der Waals surface area contributed by atoms with Gasteiger partial charge in [0, 0.05) is 18.6 Å². The molecule has 3 rings (SSSR count). The van der Waals surface area contributed by atoms with E-state index in [4.69, 9.17) is 4.74 Å². The summed E-state index contributed by atoms with van der Waals surface area (Å²) in [4.78, 5) is 2.73. The number of ether oxygens (including phenoxy) is 1. The summed E-state index contributed by atoms with van der Waals surface area (Å²) in [5.74, 6) is 0. The fraction of sp³-hybridized carbons (Fsp3) is 1.00. The molecule has 2 aliphatic heterocycles. The number of aliphatic hydroxyl groups is 1. The van der Waals surface area contributed by atoms with Crippen LogP contribution in [0.1, 0.15) is 44.9 Å². The number of rotatable bonds is 5. The molecule has 0 unspecified atom stereocenters. The summed E-state index contributed by atoms with van der Waals surface area (Å²) in [5, 5.41) is 13.1. The lowest BCUT2D eigenvalue weighted by atomic mass is 9.86. The molecular weight excluding hydrogens is 252 g/mol. The zero-order valence-electron chi connectivity index (χ0n) is 12.6. The van der Waals surface area contributed by atoms with Crippen molar-refractivity contribution >= 4 is 0 Å². The van der Waals surface area contributed by atoms with Crippen molar-refractivity contribution in [3.8, 4) is 0 Å². The van der Waals surface area contributed by atoms with Crippen LogP contribution in [-0.2, 0) is 4.74 Å². The molecule has 1 aliphatic carbocycles. The van der Waals surface area contributed by atoms with E-state index in [2.05, 4.69) is 10.2 Å². The van der Waals surface area contributed by atoms with Crippen molar-refractivity contribution in [3.05, 3.63) is 0 Å².